The molecule has 0 aliphatic rings. The standard InChI is InChI=1S/C12H14ClNO3/c13-8-4-7-12(15)11(9-14(16)17)10-5-2-1-3-6-10/h1-3,5-6,11H,4,7-9H2/t11-/m1/s1. The molecule has 0 amide bonds. The molecule has 0 aliphatic heterocycles. The molecule has 0 bridgehead atoms. The minimum Gasteiger partial charge on any atom is -0.299 e. The van der Waals surface area contributed by atoms with Crippen LogP contribution in [0.4, 0.5) is 0 Å². The van der Waals surface area contributed by atoms with Crippen LogP contribution in [0.1, 0.15) is 24.3 Å². The average molecular weight is 256 g/mol. The third-order valence-corrected chi connectivity index (χ3v) is 2.75. The third-order valence-electron chi connectivity index (χ3n) is 2.48. The van der Waals surface area contributed by atoms with Gasteiger partial charge in [0.1, 0.15) is 11.7 Å². The van der Waals surface area contributed by atoms with Crippen molar-refractivity contribution < 1.29 is 9.72 Å². The largest absolute Gasteiger partial charge is 0.299 e. The van der Waals surface area contributed by atoms with Gasteiger partial charge in [0.2, 0.25) is 6.54 Å². The molecular formula is C12H14ClNO3. The summed E-state index contributed by atoms with van der Waals surface area (Å²) in [5.41, 5.74) is 0.698. The summed E-state index contributed by atoms with van der Waals surface area (Å²) in [7, 11) is 0. The lowest BCUT2D eigenvalue weighted by molar-refractivity contribution is -0.481. The van der Waals surface area contributed by atoms with E-state index in [2.05, 4.69) is 0 Å². The Kier molecular flexibility index (Phi) is 5.63. The lowest BCUT2D eigenvalue weighted by Crippen LogP contribution is -2.21. The van der Waals surface area contributed by atoms with Crippen LogP contribution in [-0.4, -0.2) is 23.1 Å². The van der Waals surface area contributed by atoms with Gasteiger partial charge in [-0.15, -0.1) is 11.6 Å². The second kappa shape index (κ2) is 7.01. The number of carbonyl (C=O) groups excluding carboxylic acids is 1. The highest BCUT2D eigenvalue weighted by molar-refractivity contribution is 6.17. The van der Waals surface area contributed by atoms with Crippen molar-refractivity contribution in [3.8, 4) is 0 Å². The number of hydrogen-bond acceptors (Lipinski definition) is 3. The van der Waals surface area contributed by atoms with E-state index in [0.717, 1.165) is 0 Å². The van der Waals surface area contributed by atoms with Gasteiger partial charge in [0.15, 0.2) is 0 Å². The van der Waals surface area contributed by atoms with Crippen LogP contribution in [0.25, 0.3) is 0 Å². The third kappa shape index (κ3) is 4.53. The van der Waals surface area contributed by atoms with Crippen LogP contribution in [0.2, 0.25) is 0 Å². The molecule has 92 valence electrons. The minimum absolute atomic E-state index is 0.117. The van der Waals surface area contributed by atoms with Crippen molar-refractivity contribution in [3.05, 3.63) is 46.0 Å². The average Bonchev–Trinajstić information content (AvgIpc) is 2.34. The van der Waals surface area contributed by atoms with Crippen LogP contribution in [0.3, 0.4) is 0 Å². The number of benzene rings is 1. The predicted octanol–water partition coefficient (Wildman–Crippen LogP) is 2.64. The summed E-state index contributed by atoms with van der Waals surface area (Å²) in [6.45, 7) is -0.356. The highest BCUT2D eigenvalue weighted by Crippen LogP contribution is 2.19. The summed E-state index contributed by atoms with van der Waals surface area (Å²) in [6, 6.07) is 8.85. The Morgan fingerprint density at radius 3 is 2.53 bits per heavy atom. The first-order valence-corrected chi connectivity index (χ1v) is 5.94. The highest BCUT2D eigenvalue weighted by atomic mass is 35.5. The molecule has 0 aromatic heterocycles. The van der Waals surface area contributed by atoms with Crippen molar-refractivity contribution in [1.29, 1.82) is 0 Å². The molecular weight excluding hydrogens is 242 g/mol. The van der Waals surface area contributed by atoms with E-state index in [1.165, 1.54) is 0 Å². The monoisotopic (exact) mass is 255 g/mol. The Bertz CT molecular complexity index is 381. The molecule has 0 saturated carbocycles. The van der Waals surface area contributed by atoms with E-state index in [4.69, 9.17) is 11.6 Å². The van der Waals surface area contributed by atoms with Crippen LogP contribution >= 0.6 is 11.6 Å². The van der Waals surface area contributed by atoms with Gasteiger partial charge in [0.05, 0.1) is 0 Å². The minimum atomic E-state index is -0.658. The smallest absolute Gasteiger partial charge is 0.217 e. The van der Waals surface area contributed by atoms with Crippen LogP contribution in [0.15, 0.2) is 30.3 Å². The van der Waals surface area contributed by atoms with Crippen molar-refractivity contribution in [2.45, 2.75) is 18.8 Å². The van der Waals surface area contributed by atoms with E-state index in [0.29, 0.717) is 17.9 Å². The Balaban J connectivity index is 2.80. The second-order valence-electron chi connectivity index (χ2n) is 3.74. The fourth-order valence-electron chi connectivity index (χ4n) is 1.64. The van der Waals surface area contributed by atoms with Crippen molar-refractivity contribution in [2.75, 3.05) is 12.4 Å². The zero-order chi connectivity index (χ0) is 12.7. The molecule has 5 heteroatoms. The second-order valence-corrected chi connectivity index (χ2v) is 4.12. The molecule has 0 unspecified atom stereocenters. The topological polar surface area (TPSA) is 60.2 Å². The van der Waals surface area contributed by atoms with E-state index in [-0.39, 0.29) is 18.7 Å². The van der Waals surface area contributed by atoms with Crippen molar-refractivity contribution in [2.24, 2.45) is 0 Å². The molecule has 17 heavy (non-hydrogen) atoms. The zero-order valence-corrected chi connectivity index (χ0v) is 10.1. The lowest BCUT2D eigenvalue weighted by Gasteiger charge is -2.11. The molecule has 0 radical (unpaired) electrons. The molecule has 0 aliphatic carbocycles. The van der Waals surface area contributed by atoms with Crippen molar-refractivity contribution in [3.63, 3.8) is 0 Å². The van der Waals surface area contributed by atoms with Crippen LogP contribution in [0.5, 0.6) is 0 Å². The number of hydrogen-bond donors (Lipinski definition) is 0. The summed E-state index contributed by atoms with van der Waals surface area (Å²) in [5.74, 6) is -0.380. The lowest BCUT2D eigenvalue weighted by atomic mass is 9.92. The number of carbonyl (C=O) groups is 1. The Hall–Kier alpha value is -1.42. The highest BCUT2D eigenvalue weighted by Gasteiger charge is 2.24. The van der Waals surface area contributed by atoms with Crippen molar-refractivity contribution >= 4 is 17.4 Å². The number of rotatable bonds is 7. The van der Waals surface area contributed by atoms with Crippen molar-refractivity contribution in [1.82, 2.24) is 0 Å². The molecule has 0 fully saturated rings. The van der Waals surface area contributed by atoms with E-state index >= 15 is 0 Å². The normalized spacial score (nSPS) is 12.1. The van der Waals surface area contributed by atoms with Gasteiger partial charge in [-0.1, -0.05) is 30.3 Å². The van der Waals surface area contributed by atoms with Crippen LogP contribution in [-0.2, 0) is 4.79 Å². The van der Waals surface area contributed by atoms with Crippen LogP contribution < -0.4 is 0 Å². The maximum atomic E-state index is 11.9. The summed E-state index contributed by atoms with van der Waals surface area (Å²) in [6.07, 6.45) is 0.846. The fourth-order valence-corrected chi connectivity index (χ4v) is 1.78. The van der Waals surface area contributed by atoms with Gasteiger partial charge in [0.25, 0.3) is 0 Å². The Morgan fingerprint density at radius 1 is 1.35 bits per heavy atom. The number of Topliss-reactive ketones (excluding diaryl/α,β-unsaturated/α-hetero) is 1. The maximum Gasteiger partial charge on any atom is 0.217 e. The van der Waals surface area contributed by atoms with Gasteiger partial charge >= 0.3 is 0 Å². The predicted molar refractivity (Wildman–Crippen MR) is 66.0 cm³/mol. The number of halogens is 1. The van der Waals surface area contributed by atoms with Gasteiger partial charge in [-0.25, -0.2) is 0 Å². The van der Waals surface area contributed by atoms with Gasteiger partial charge in [-0.2, -0.15) is 0 Å². The zero-order valence-electron chi connectivity index (χ0n) is 9.34. The number of ketones is 1. The Labute approximate surface area is 105 Å². The molecule has 1 rings (SSSR count). The first-order chi connectivity index (χ1) is 8.15. The maximum absolute atomic E-state index is 11.9. The van der Waals surface area contributed by atoms with E-state index in [1.54, 1.807) is 24.3 Å². The molecule has 0 saturated heterocycles. The Morgan fingerprint density at radius 2 is 2.00 bits per heavy atom. The molecule has 1 atom stereocenters. The van der Waals surface area contributed by atoms with E-state index in [9.17, 15) is 14.9 Å². The fraction of sp³-hybridized carbons (Fsp3) is 0.417. The summed E-state index contributed by atoms with van der Waals surface area (Å²) in [5, 5.41) is 10.6. The van der Waals surface area contributed by atoms with Gasteiger partial charge in [-0.3, -0.25) is 14.9 Å². The van der Waals surface area contributed by atoms with Gasteiger partial charge < -0.3 is 0 Å². The van der Waals surface area contributed by atoms with E-state index in [1.807, 2.05) is 6.07 Å². The molecule has 1 aromatic rings. The first-order valence-electron chi connectivity index (χ1n) is 5.40. The molecule has 1 aromatic carbocycles. The van der Waals surface area contributed by atoms with Gasteiger partial charge in [-0.05, 0) is 12.0 Å². The number of nitro groups is 1. The summed E-state index contributed by atoms with van der Waals surface area (Å²) >= 11 is 5.52. The molecule has 4 nitrogen and oxygen atoms in total. The summed E-state index contributed by atoms with van der Waals surface area (Å²) < 4.78 is 0. The molecule has 0 heterocycles. The van der Waals surface area contributed by atoms with Crippen LogP contribution in [0, 0.1) is 10.1 Å². The molecule has 0 N–H and O–H groups in total. The quantitative estimate of drug-likeness (QED) is 0.427. The summed E-state index contributed by atoms with van der Waals surface area (Å²) in [4.78, 5) is 22.0. The molecule has 0 spiro atoms. The van der Waals surface area contributed by atoms with E-state index < -0.39 is 10.8 Å². The first kappa shape index (κ1) is 13.6. The SMILES string of the molecule is O=C(CCCCl)[C@H](C[N+](=O)[O-])c1ccccc1. The number of nitrogens with zero attached hydrogens (tertiary/aromatic N) is 1. The number of alkyl halides is 1. The van der Waals surface area contributed by atoms with Gasteiger partial charge in [0, 0.05) is 17.2 Å².